The second-order valence-electron chi connectivity index (χ2n) is 4.78. The zero-order chi connectivity index (χ0) is 14.1. The largest absolute Gasteiger partial charge is 0.355 e. The number of benzene rings is 1. The molecule has 19 heavy (non-hydrogen) atoms. The molecular weight excluding hydrogens is 243 g/mol. The minimum atomic E-state index is -0.256. The first-order valence-corrected chi connectivity index (χ1v) is 6.86. The normalized spacial score (nSPS) is 12.2. The van der Waals surface area contributed by atoms with E-state index in [1.807, 2.05) is 13.0 Å². The van der Waals surface area contributed by atoms with Gasteiger partial charge in [0, 0.05) is 19.0 Å². The van der Waals surface area contributed by atoms with Gasteiger partial charge in [-0.15, -0.1) is 0 Å². The summed E-state index contributed by atoms with van der Waals surface area (Å²) in [6.07, 6.45) is 1.65. The maximum atomic E-state index is 13.0. The van der Waals surface area contributed by atoms with Gasteiger partial charge in [0.25, 0.3) is 0 Å². The van der Waals surface area contributed by atoms with Crippen molar-refractivity contribution < 1.29 is 9.18 Å². The molecule has 3 nitrogen and oxygen atoms in total. The zero-order valence-electron chi connectivity index (χ0n) is 11.7. The van der Waals surface area contributed by atoms with Crippen molar-refractivity contribution in [3.8, 4) is 0 Å². The van der Waals surface area contributed by atoms with Gasteiger partial charge >= 0.3 is 0 Å². The van der Waals surface area contributed by atoms with Crippen molar-refractivity contribution in [2.24, 2.45) is 5.92 Å². The molecule has 1 unspecified atom stereocenters. The van der Waals surface area contributed by atoms with Gasteiger partial charge < -0.3 is 10.6 Å². The Morgan fingerprint density at radius 2 is 2.11 bits per heavy atom. The fourth-order valence-electron chi connectivity index (χ4n) is 1.86. The first kappa shape index (κ1) is 15.6. The summed E-state index contributed by atoms with van der Waals surface area (Å²) in [5, 5.41) is 6.10. The van der Waals surface area contributed by atoms with E-state index in [0.29, 0.717) is 13.0 Å². The summed E-state index contributed by atoms with van der Waals surface area (Å²) >= 11 is 0. The van der Waals surface area contributed by atoms with Crippen molar-refractivity contribution in [3.63, 3.8) is 0 Å². The Labute approximate surface area is 114 Å². The Morgan fingerprint density at radius 1 is 1.32 bits per heavy atom. The van der Waals surface area contributed by atoms with Crippen LogP contribution in [0, 0.1) is 11.7 Å². The van der Waals surface area contributed by atoms with Crippen LogP contribution in [-0.4, -0.2) is 25.5 Å². The summed E-state index contributed by atoms with van der Waals surface area (Å²) < 4.78 is 13.0. The van der Waals surface area contributed by atoms with Crippen LogP contribution in [0.4, 0.5) is 4.39 Å². The summed E-state index contributed by atoms with van der Waals surface area (Å²) in [6.45, 7) is 6.35. The van der Waals surface area contributed by atoms with Crippen molar-refractivity contribution in [1.82, 2.24) is 10.6 Å². The molecule has 0 saturated carbocycles. The monoisotopic (exact) mass is 266 g/mol. The molecule has 1 aromatic carbocycles. The molecule has 0 bridgehead atoms. The smallest absolute Gasteiger partial charge is 0.223 e. The summed E-state index contributed by atoms with van der Waals surface area (Å²) in [4.78, 5) is 11.8. The Morgan fingerprint density at radius 3 is 2.79 bits per heavy atom. The number of nitrogens with one attached hydrogen (secondary N) is 2. The van der Waals surface area contributed by atoms with Gasteiger partial charge in [-0.3, -0.25) is 4.79 Å². The molecule has 1 atom stereocenters. The van der Waals surface area contributed by atoms with Gasteiger partial charge in [-0.2, -0.15) is 0 Å². The lowest BCUT2D eigenvalue weighted by Gasteiger charge is -2.12. The Hall–Kier alpha value is -1.42. The van der Waals surface area contributed by atoms with Gasteiger partial charge in [-0.25, -0.2) is 4.39 Å². The Bertz CT molecular complexity index is 395. The molecule has 2 N–H and O–H groups in total. The fraction of sp³-hybridized carbons (Fsp3) is 0.533. The van der Waals surface area contributed by atoms with E-state index in [1.54, 1.807) is 6.07 Å². The quantitative estimate of drug-likeness (QED) is 0.708. The zero-order valence-corrected chi connectivity index (χ0v) is 11.7. The molecule has 106 valence electrons. The molecule has 0 fully saturated rings. The molecule has 0 heterocycles. The van der Waals surface area contributed by atoms with E-state index in [2.05, 4.69) is 17.6 Å². The molecule has 1 aromatic rings. The summed E-state index contributed by atoms with van der Waals surface area (Å²) in [6, 6.07) is 6.40. The minimum Gasteiger partial charge on any atom is -0.355 e. The highest BCUT2D eigenvalue weighted by molar-refractivity contribution is 5.78. The molecule has 0 spiro atoms. The molecule has 0 aromatic heterocycles. The first-order chi connectivity index (χ1) is 9.13. The van der Waals surface area contributed by atoms with Crippen molar-refractivity contribution in [3.05, 3.63) is 35.6 Å². The third kappa shape index (κ3) is 6.34. The molecule has 0 saturated heterocycles. The molecule has 1 amide bonds. The standard InChI is InChI=1S/C15H23FN2O/c1-3-7-17-8-9-18-15(19)12(2)10-13-5-4-6-14(16)11-13/h4-6,11-12,17H,3,7-10H2,1-2H3,(H,18,19). The van der Waals surface area contributed by atoms with E-state index in [-0.39, 0.29) is 17.6 Å². The van der Waals surface area contributed by atoms with Crippen LogP contribution in [0.25, 0.3) is 0 Å². The number of rotatable bonds is 8. The summed E-state index contributed by atoms with van der Waals surface area (Å²) in [5.74, 6) is -0.385. The Kier molecular flexibility index (Phi) is 7.11. The number of amides is 1. The van der Waals surface area contributed by atoms with E-state index >= 15 is 0 Å². The van der Waals surface area contributed by atoms with Crippen molar-refractivity contribution in [2.75, 3.05) is 19.6 Å². The molecule has 0 aliphatic rings. The first-order valence-electron chi connectivity index (χ1n) is 6.86. The number of carbonyl (C=O) groups excluding carboxylic acids is 1. The van der Waals surface area contributed by atoms with E-state index in [0.717, 1.165) is 25.1 Å². The maximum absolute atomic E-state index is 13.0. The van der Waals surface area contributed by atoms with Crippen LogP contribution in [0.5, 0.6) is 0 Å². The predicted octanol–water partition coefficient (Wildman–Crippen LogP) is 2.12. The number of hydrogen-bond donors (Lipinski definition) is 2. The Balaban J connectivity index is 2.28. The van der Waals surface area contributed by atoms with Crippen molar-refractivity contribution >= 4 is 5.91 Å². The van der Waals surface area contributed by atoms with Gasteiger partial charge in [0.2, 0.25) is 5.91 Å². The lowest BCUT2D eigenvalue weighted by Crippen LogP contribution is -2.35. The van der Waals surface area contributed by atoms with Crippen LogP contribution < -0.4 is 10.6 Å². The molecule has 4 heteroatoms. The van der Waals surface area contributed by atoms with Gasteiger partial charge in [-0.1, -0.05) is 26.0 Å². The lowest BCUT2D eigenvalue weighted by molar-refractivity contribution is -0.124. The SMILES string of the molecule is CCCNCCNC(=O)C(C)Cc1cccc(F)c1. The van der Waals surface area contributed by atoms with E-state index < -0.39 is 0 Å². The average Bonchev–Trinajstić information content (AvgIpc) is 2.38. The topological polar surface area (TPSA) is 41.1 Å². The highest BCUT2D eigenvalue weighted by Gasteiger charge is 2.13. The van der Waals surface area contributed by atoms with Gasteiger partial charge in [0.15, 0.2) is 0 Å². The van der Waals surface area contributed by atoms with Crippen molar-refractivity contribution in [2.45, 2.75) is 26.7 Å². The van der Waals surface area contributed by atoms with Gasteiger partial charge in [-0.05, 0) is 37.1 Å². The fourth-order valence-corrected chi connectivity index (χ4v) is 1.86. The molecule has 0 radical (unpaired) electrons. The molecule has 0 aliphatic carbocycles. The predicted molar refractivity (Wildman–Crippen MR) is 75.4 cm³/mol. The highest BCUT2D eigenvalue weighted by atomic mass is 19.1. The number of halogens is 1. The second kappa shape index (κ2) is 8.64. The van der Waals surface area contributed by atoms with Crippen LogP contribution in [0.2, 0.25) is 0 Å². The summed E-state index contributed by atoms with van der Waals surface area (Å²) in [7, 11) is 0. The average molecular weight is 266 g/mol. The van der Waals surface area contributed by atoms with Gasteiger partial charge in [0.05, 0.1) is 0 Å². The van der Waals surface area contributed by atoms with Crippen molar-refractivity contribution in [1.29, 1.82) is 0 Å². The second-order valence-corrected chi connectivity index (χ2v) is 4.78. The number of hydrogen-bond acceptors (Lipinski definition) is 2. The van der Waals surface area contributed by atoms with Crippen LogP contribution in [0.15, 0.2) is 24.3 Å². The van der Waals surface area contributed by atoms with Crippen LogP contribution in [-0.2, 0) is 11.2 Å². The highest BCUT2D eigenvalue weighted by Crippen LogP contribution is 2.10. The van der Waals surface area contributed by atoms with E-state index in [1.165, 1.54) is 12.1 Å². The van der Waals surface area contributed by atoms with E-state index in [4.69, 9.17) is 0 Å². The minimum absolute atomic E-state index is 0.0163. The van der Waals surface area contributed by atoms with Crippen LogP contribution in [0.3, 0.4) is 0 Å². The lowest BCUT2D eigenvalue weighted by atomic mass is 10.0. The van der Waals surface area contributed by atoms with Crippen LogP contribution >= 0.6 is 0 Å². The third-order valence-electron chi connectivity index (χ3n) is 2.91. The van der Waals surface area contributed by atoms with Gasteiger partial charge in [0.1, 0.15) is 5.82 Å². The van der Waals surface area contributed by atoms with Crippen LogP contribution in [0.1, 0.15) is 25.8 Å². The van der Waals surface area contributed by atoms with E-state index in [9.17, 15) is 9.18 Å². The summed E-state index contributed by atoms with van der Waals surface area (Å²) in [5.41, 5.74) is 0.853. The maximum Gasteiger partial charge on any atom is 0.223 e. The molecular formula is C15H23FN2O. The molecule has 0 aliphatic heterocycles. The third-order valence-corrected chi connectivity index (χ3v) is 2.91. The number of carbonyl (C=O) groups is 1. The molecule has 1 rings (SSSR count).